The molecule has 1 fully saturated rings. The number of halogens is 1. The molecule has 0 aliphatic carbocycles. The van der Waals surface area contributed by atoms with E-state index in [1.165, 1.54) is 23.9 Å². The molecule has 0 spiro atoms. The lowest BCUT2D eigenvalue weighted by atomic mass is 10.1. The van der Waals surface area contributed by atoms with Crippen molar-refractivity contribution in [2.75, 3.05) is 17.4 Å². The van der Waals surface area contributed by atoms with Gasteiger partial charge in [0.25, 0.3) is 5.91 Å². The third-order valence-electron chi connectivity index (χ3n) is 2.65. The SMILES string of the molecule is Nc1ccc(C(=O)N2CSC[C@H]2C(=O)O)c(F)c1. The van der Waals surface area contributed by atoms with Crippen LogP contribution in [0.4, 0.5) is 10.1 Å². The molecule has 1 atom stereocenters. The van der Waals surface area contributed by atoms with E-state index in [1.54, 1.807) is 0 Å². The van der Waals surface area contributed by atoms with Crippen molar-refractivity contribution in [2.45, 2.75) is 6.04 Å². The lowest BCUT2D eigenvalue weighted by Crippen LogP contribution is -2.42. The maximum atomic E-state index is 13.6. The number of carboxylic acids is 1. The summed E-state index contributed by atoms with van der Waals surface area (Å²) in [5.41, 5.74) is 5.46. The van der Waals surface area contributed by atoms with Crippen molar-refractivity contribution < 1.29 is 19.1 Å². The summed E-state index contributed by atoms with van der Waals surface area (Å²) in [7, 11) is 0. The molecule has 0 bridgehead atoms. The number of amides is 1. The lowest BCUT2D eigenvalue weighted by Gasteiger charge is -2.20. The number of benzene rings is 1. The van der Waals surface area contributed by atoms with Gasteiger partial charge >= 0.3 is 5.97 Å². The van der Waals surface area contributed by atoms with Crippen LogP contribution >= 0.6 is 11.8 Å². The van der Waals surface area contributed by atoms with Crippen molar-refractivity contribution >= 4 is 29.3 Å². The first-order chi connectivity index (χ1) is 8.50. The highest BCUT2D eigenvalue weighted by Crippen LogP contribution is 2.24. The van der Waals surface area contributed by atoms with Crippen LogP contribution in [0.2, 0.25) is 0 Å². The predicted molar refractivity (Wildman–Crippen MR) is 65.7 cm³/mol. The number of aliphatic carboxylic acids is 1. The summed E-state index contributed by atoms with van der Waals surface area (Å²) in [5.74, 6) is -1.87. The summed E-state index contributed by atoms with van der Waals surface area (Å²) in [4.78, 5) is 24.2. The fourth-order valence-corrected chi connectivity index (χ4v) is 2.85. The maximum Gasteiger partial charge on any atom is 0.327 e. The van der Waals surface area contributed by atoms with E-state index in [4.69, 9.17) is 10.8 Å². The van der Waals surface area contributed by atoms with E-state index in [0.717, 1.165) is 11.0 Å². The second kappa shape index (κ2) is 4.85. The Bertz CT molecular complexity index is 509. The van der Waals surface area contributed by atoms with Crippen LogP contribution in [-0.2, 0) is 4.79 Å². The maximum absolute atomic E-state index is 13.6. The standard InChI is InChI=1S/C11H11FN2O3S/c12-8-3-6(13)1-2-7(8)10(15)14-5-18-4-9(14)11(16)17/h1-3,9H,4-5,13H2,(H,16,17)/t9-/m0/s1. The van der Waals surface area contributed by atoms with Crippen molar-refractivity contribution in [3.05, 3.63) is 29.6 Å². The minimum absolute atomic E-state index is 0.155. The number of carboxylic acid groups (broad SMARTS) is 1. The summed E-state index contributed by atoms with van der Waals surface area (Å²) in [5, 5.41) is 8.97. The van der Waals surface area contributed by atoms with Gasteiger partial charge in [-0.05, 0) is 18.2 Å². The summed E-state index contributed by atoms with van der Waals surface area (Å²) in [6.45, 7) is 0. The number of hydrogen-bond donors (Lipinski definition) is 2. The number of carbonyl (C=O) groups excluding carboxylic acids is 1. The number of hydrogen-bond acceptors (Lipinski definition) is 4. The van der Waals surface area contributed by atoms with Crippen LogP contribution in [-0.4, -0.2) is 39.6 Å². The molecule has 2 rings (SSSR count). The summed E-state index contributed by atoms with van der Waals surface area (Å²) in [6, 6.07) is 2.83. The Morgan fingerprint density at radius 1 is 1.50 bits per heavy atom. The third kappa shape index (κ3) is 2.26. The molecule has 1 amide bonds. The van der Waals surface area contributed by atoms with Crippen LogP contribution in [0.5, 0.6) is 0 Å². The van der Waals surface area contributed by atoms with Crippen LogP contribution in [0.25, 0.3) is 0 Å². The second-order valence-corrected chi connectivity index (χ2v) is 4.87. The van der Waals surface area contributed by atoms with Gasteiger partial charge in [-0.15, -0.1) is 11.8 Å². The van der Waals surface area contributed by atoms with Gasteiger partial charge in [-0.2, -0.15) is 0 Å². The Labute approximate surface area is 107 Å². The molecule has 7 heteroatoms. The van der Waals surface area contributed by atoms with Gasteiger partial charge in [-0.3, -0.25) is 4.79 Å². The van der Waals surface area contributed by atoms with Gasteiger partial charge in [-0.25, -0.2) is 9.18 Å². The zero-order chi connectivity index (χ0) is 13.3. The van der Waals surface area contributed by atoms with Crippen LogP contribution in [0, 0.1) is 5.82 Å². The molecule has 1 heterocycles. The quantitative estimate of drug-likeness (QED) is 0.783. The Morgan fingerprint density at radius 3 is 2.83 bits per heavy atom. The Kier molecular flexibility index (Phi) is 3.42. The fraction of sp³-hybridized carbons (Fsp3) is 0.273. The first-order valence-corrected chi connectivity index (χ1v) is 6.32. The van der Waals surface area contributed by atoms with E-state index in [2.05, 4.69) is 0 Å². The minimum atomic E-state index is -1.08. The van der Waals surface area contributed by atoms with Gasteiger partial charge in [0, 0.05) is 11.4 Å². The van der Waals surface area contributed by atoms with Gasteiger partial charge in [0.1, 0.15) is 11.9 Å². The highest BCUT2D eigenvalue weighted by molar-refractivity contribution is 7.99. The normalized spacial score (nSPS) is 18.9. The molecule has 96 valence electrons. The fourth-order valence-electron chi connectivity index (χ4n) is 1.71. The molecular formula is C11H11FN2O3S. The predicted octanol–water partition coefficient (Wildman–Crippen LogP) is 1.01. The minimum Gasteiger partial charge on any atom is -0.480 e. The Hall–Kier alpha value is -1.76. The topological polar surface area (TPSA) is 83.6 Å². The number of nitrogen functional groups attached to an aromatic ring is 1. The van der Waals surface area contributed by atoms with Crippen LogP contribution < -0.4 is 5.73 Å². The van der Waals surface area contributed by atoms with Crippen molar-refractivity contribution in [2.24, 2.45) is 0 Å². The Balaban J connectivity index is 2.28. The molecule has 1 aromatic carbocycles. The second-order valence-electron chi connectivity index (χ2n) is 3.87. The number of rotatable bonds is 2. The van der Waals surface area contributed by atoms with Crippen LogP contribution in [0.15, 0.2) is 18.2 Å². The zero-order valence-corrected chi connectivity index (χ0v) is 10.1. The van der Waals surface area contributed by atoms with Gasteiger partial charge in [-0.1, -0.05) is 0 Å². The van der Waals surface area contributed by atoms with E-state index >= 15 is 0 Å². The first kappa shape index (κ1) is 12.7. The molecule has 1 aliphatic rings. The summed E-state index contributed by atoms with van der Waals surface area (Å²) in [6.07, 6.45) is 0. The lowest BCUT2D eigenvalue weighted by molar-refractivity contribution is -0.140. The largest absolute Gasteiger partial charge is 0.480 e. The molecular weight excluding hydrogens is 259 g/mol. The van der Waals surface area contributed by atoms with Crippen molar-refractivity contribution in [1.29, 1.82) is 0 Å². The molecule has 5 nitrogen and oxygen atoms in total. The molecule has 0 saturated carbocycles. The van der Waals surface area contributed by atoms with E-state index in [-0.39, 0.29) is 17.1 Å². The van der Waals surface area contributed by atoms with Crippen LogP contribution in [0.1, 0.15) is 10.4 Å². The molecule has 1 saturated heterocycles. The molecule has 1 aliphatic heterocycles. The van der Waals surface area contributed by atoms with Crippen LogP contribution in [0.3, 0.4) is 0 Å². The third-order valence-corrected chi connectivity index (χ3v) is 3.66. The van der Waals surface area contributed by atoms with Crippen molar-refractivity contribution in [3.63, 3.8) is 0 Å². The summed E-state index contributed by atoms with van der Waals surface area (Å²) < 4.78 is 13.6. The molecule has 3 N–H and O–H groups in total. The Morgan fingerprint density at radius 2 is 2.22 bits per heavy atom. The van der Waals surface area contributed by atoms with E-state index in [1.807, 2.05) is 0 Å². The van der Waals surface area contributed by atoms with E-state index in [9.17, 15) is 14.0 Å². The molecule has 1 aromatic rings. The van der Waals surface area contributed by atoms with Crippen molar-refractivity contribution in [1.82, 2.24) is 4.90 Å². The average molecular weight is 270 g/mol. The van der Waals surface area contributed by atoms with Gasteiger partial charge in [0.15, 0.2) is 0 Å². The smallest absolute Gasteiger partial charge is 0.327 e. The molecule has 0 aromatic heterocycles. The van der Waals surface area contributed by atoms with E-state index < -0.39 is 23.7 Å². The average Bonchev–Trinajstić information content (AvgIpc) is 2.77. The van der Waals surface area contributed by atoms with Gasteiger partial charge in [0.2, 0.25) is 0 Å². The summed E-state index contributed by atoms with van der Waals surface area (Å²) >= 11 is 1.33. The molecule has 18 heavy (non-hydrogen) atoms. The number of nitrogens with two attached hydrogens (primary N) is 1. The monoisotopic (exact) mass is 270 g/mol. The number of anilines is 1. The number of thioether (sulfide) groups is 1. The highest BCUT2D eigenvalue weighted by atomic mass is 32.2. The number of carbonyl (C=O) groups is 2. The van der Waals surface area contributed by atoms with Crippen molar-refractivity contribution in [3.8, 4) is 0 Å². The zero-order valence-electron chi connectivity index (χ0n) is 9.30. The molecule has 0 radical (unpaired) electrons. The highest BCUT2D eigenvalue weighted by Gasteiger charge is 2.35. The number of nitrogens with zero attached hydrogens (tertiary/aromatic N) is 1. The van der Waals surface area contributed by atoms with E-state index in [0.29, 0.717) is 5.75 Å². The molecule has 0 unspecified atom stereocenters. The van der Waals surface area contributed by atoms with Gasteiger partial charge in [0.05, 0.1) is 11.4 Å². The first-order valence-electron chi connectivity index (χ1n) is 5.17. The van der Waals surface area contributed by atoms with Gasteiger partial charge < -0.3 is 15.7 Å².